The largest absolute Gasteiger partial charge is 0.328 e. The molecule has 0 aliphatic carbocycles. The van der Waals surface area contributed by atoms with E-state index in [-0.39, 0.29) is 6.04 Å². The van der Waals surface area contributed by atoms with E-state index in [9.17, 15) is 0 Å². The fourth-order valence-electron chi connectivity index (χ4n) is 2.99. The van der Waals surface area contributed by atoms with Gasteiger partial charge in [-0.05, 0) is 40.2 Å². The van der Waals surface area contributed by atoms with Gasteiger partial charge in [0.25, 0.3) is 0 Å². The van der Waals surface area contributed by atoms with E-state index in [1.165, 1.54) is 36.5 Å². The third-order valence-corrected chi connectivity index (χ3v) is 4.80. The highest BCUT2D eigenvalue weighted by atomic mass is 32.1. The molecule has 0 amide bonds. The second kappa shape index (κ2) is 6.82. The molecule has 0 radical (unpaired) electrons. The maximum atomic E-state index is 5.84. The van der Waals surface area contributed by atoms with Crippen molar-refractivity contribution in [2.45, 2.75) is 71.0 Å². The molecule has 0 bridgehead atoms. The van der Waals surface area contributed by atoms with E-state index in [4.69, 9.17) is 10.7 Å². The Hall–Kier alpha value is -0.450. The van der Waals surface area contributed by atoms with Gasteiger partial charge in [0.15, 0.2) is 0 Å². The molecule has 4 heteroatoms. The minimum absolute atomic E-state index is 0.205. The Morgan fingerprint density at radius 3 is 2.89 bits per heavy atom. The Morgan fingerprint density at radius 1 is 1.42 bits per heavy atom. The Balaban J connectivity index is 1.96. The molecule has 1 fully saturated rings. The summed E-state index contributed by atoms with van der Waals surface area (Å²) in [5.74, 6) is 0. The number of piperidine rings is 1. The number of likely N-dealkylation sites (tertiary alicyclic amines) is 1. The first-order valence-corrected chi connectivity index (χ1v) is 8.39. The van der Waals surface area contributed by atoms with Gasteiger partial charge >= 0.3 is 0 Å². The van der Waals surface area contributed by atoms with Gasteiger partial charge < -0.3 is 5.73 Å². The molecule has 2 N–H and O–H groups in total. The van der Waals surface area contributed by atoms with Crippen molar-refractivity contribution in [3.8, 4) is 0 Å². The van der Waals surface area contributed by atoms with Crippen molar-refractivity contribution in [2.75, 3.05) is 6.54 Å². The van der Waals surface area contributed by atoms with Crippen molar-refractivity contribution in [2.24, 2.45) is 5.73 Å². The lowest BCUT2D eigenvalue weighted by atomic mass is 9.98. The molecule has 1 saturated heterocycles. The van der Waals surface area contributed by atoms with Gasteiger partial charge in [0, 0.05) is 36.3 Å². The quantitative estimate of drug-likeness (QED) is 0.902. The number of rotatable bonds is 5. The first-order chi connectivity index (χ1) is 9.06. The zero-order valence-corrected chi connectivity index (χ0v) is 13.2. The van der Waals surface area contributed by atoms with E-state index in [1.807, 2.05) is 6.92 Å². The maximum absolute atomic E-state index is 5.84. The highest BCUT2D eigenvalue weighted by Gasteiger charge is 2.25. The van der Waals surface area contributed by atoms with E-state index in [0.29, 0.717) is 12.1 Å². The van der Waals surface area contributed by atoms with Crippen LogP contribution in [0.3, 0.4) is 0 Å². The molecule has 2 unspecified atom stereocenters. The number of hydrogen-bond donors (Lipinski definition) is 1. The number of nitrogens with zero attached hydrogens (tertiary/aromatic N) is 2. The summed E-state index contributed by atoms with van der Waals surface area (Å²) < 4.78 is 0. The normalized spacial score (nSPS) is 22.9. The zero-order chi connectivity index (χ0) is 13.8. The van der Waals surface area contributed by atoms with Gasteiger partial charge in [-0.25, -0.2) is 4.98 Å². The van der Waals surface area contributed by atoms with E-state index in [1.54, 1.807) is 11.3 Å². The lowest BCUT2D eigenvalue weighted by Gasteiger charge is -2.38. The van der Waals surface area contributed by atoms with Crippen molar-refractivity contribution in [3.63, 3.8) is 0 Å². The number of aromatic nitrogens is 1. The van der Waals surface area contributed by atoms with Crippen LogP contribution in [0.15, 0.2) is 5.38 Å². The predicted octanol–water partition coefficient (Wildman–Crippen LogP) is 2.84. The molecule has 0 aromatic carbocycles. The second-order valence-electron chi connectivity index (χ2n) is 6.10. The highest BCUT2D eigenvalue weighted by Crippen LogP contribution is 2.24. The minimum Gasteiger partial charge on any atom is -0.328 e. The van der Waals surface area contributed by atoms with Crippen LogP contribution in [0, 0.1) is 0 Å². The third kappa shape index (κ3) is 4.26. The molecule has 3 nitrogen and oxygen atoms in total. The molecule has 108 valence electrons. The summed E-state index contributed by atoms with van der Waals surface area (Å²) in [6.07, 6.45) is 6.05. The van der Waals surface area contributed by atoms with Crippen molar-refractivity contribution >= 4 is 11.3 Å². The van der Waals surface area contributed by atoms with Crippen LogP contribution in [-0.2, 0) is 12.8 Å². The summed E-state index contributed by atoms with van der Waals surface area (Å²) >= 11 is 1.81. The Bertz CT molecular complexity index is 386. The van der Waals surface area contributed by atoms with Gasteiger partial charge in [0.2, 0.25) is 0 Å². The Morgan fingerprint density at radius 2 is 2.21 bits per heavy atom. The molecule has 1 aromatic heterocycles. The van der Waals surface area contributed by atoms with E-state index < -0.39 is 0 Å². The van der Waals surface area contributed by atoms with Crippen LogP contribution in [0.4, 0.5) is 0 Å². The van der Waals surface area contributed by atoms with E-state index >= 15 is 0 Å². The third-order valence-electron chi connectivity index (χ3n) is 3.88. The van der Waals surface area contributed by atoms with Gasteiger partial charge in [-0.15, -0.1) is 11.3 Å². The van der Waals surface area contributed by atoms with Gasteiger partial charge in [-0.3, -0.25) is 4.90 Å². The number of hydrogen-bond acceptors (Lipinski definition) is 4. The highest BCUT2D eigenvalue weighted by molar-refractivity contribution is 7.09. The summed E-state index contributed by atoms with van der Waals surface area (Å²) in [6, 6.07) is 1.54. The summed E-state index contributed by atoms with van der Waals surface area (Å²) in [5, 5.41) is 3.47. The summed E-state index contributed by atoms with van der Waals surface area (Å²) in [7, 11) is 0. The minimum atomic E-state index is 0.205. The number of thiazole rings is 1. The van der Waals surface area contributed by atoms with Gasteiger partial charge in [0.1, 0.15) is 0 Å². The average molecular weight is 281 g/mol. The fourth-order valence-corrected chi connectivity index (χ4v) is 3.87. The molecule has 2 rings (SSSR count). The molecule has 2 heterocycles. The van der Waals surface area contributed by atoms with Crippen LogP contribution in [0.2, 0.25) is 0 Å². The van der Waals surface area contributed by atoms with Crippen LogP contribution in [0.25, 0.3) is 0 Å². The van der Waals surface area contributed by atoms with Gasteiger partial charge in [0.05, 0.1) is 10.7 Å². The van der Waals surface area contributed by atoms with Crippen LogP contribution in [0.1, 0.15) is 50.7 Å². The molecule has 0 spiro atoms. The smallest absolute Gasteiger partial charge is 0.0943 e. The summed E-state index contributed by atoms with van der Waals surface area (Å²) in [4.78, 5) is 7.40. The molecule has 1 aromatic rings. The van der Waals surface area contributed by atoms with Crippen molar-refractivity contribution < 1.29 is 0 Å². The lowest BCUT2D eigenvalue weighted by molar-refractivity contribution is 0.111. The molecule has 0 saturated carbocycles. The molecular weight excluding hydrogens is 254 g/mol. The zero-order valence-electron chi connectivity index (χ0n) is 12.4. The summed E-state index contributed by atoms with van der Waals surface area (Å²) in [5.41, 5.74) is 7.00. The average Bonchev–Trinajstić information content (AvgIpc) is 2.76. The van der Waals surface area contributed by atoms with Crippen LogP contribution in [-0.4, -0.2) is 34.6 Å². The standard InChI is InChI=1S/C15H27N3S/c1-11(2)18-7-5-4-6-14(18)9-15-17-13(10-19-15)8-12(3)16/h10-12,14H,4-9,16H2,1-3H3. The SMILES string of the molecule is CC(N)Cc1csc(CC2CCCCN2C(C)C)n1. The molecular formula is C15H27N3S. The van der Waals surface area contributed by atoms with Crippen LogP contribution < -0.4 is 5.73 Å². The fraction of sp³-hybridized carbons (Fsp3) is 0.800. The summed E-state index contributed by atoms with van der Waals surface area (Å²) in [6.45, 7) is 7.91. The molecule has 1 aliphatic heterocycles. The predicted molar refractivity (Wildman–Crippen MR) is 82.7 cm³/mol. The first kappa shape index (κ1) is 14.9. The Labute approximate surface area is 121 Å². The molecule has 1 aliphatic rings. The second-order valence-corrected chi connectivity index (χ2v) is 7.04. The monoisotopic (exact) mass is 281 g/mol. The van der Waals surface area contributed by atoms with Crippen molar-refractivity contribution in [3.05, 3.63) is 16.1 Å². The first-order valence-electron chi connectivity index (χ1n) is 7.51. The van der Waals surface area contributed by atoms with Crippen molar-refractivity contribution in [1.82, 2.24) is 9.88 Å². The molecule has 19 heavy (non-hydrogen) atoms. The lowest BCUT2D eigenvalue weighted by Crippen LogP contribution is -2.44. The van der Waals surface area contributed by atoms with E-state index in [2.05, 4.69) is 24.1 Å². The van der Waals surface area contributed by atoms with Crippen LogP contribution in [0.5, 0.6) is 0 Å². The van der Waals surface area contributed by atoms with E-state index in [0.717, 1.165) is 12.8 Å². The van der Waals surface area contributed by atoms with Gasteiger partial charge in [-0.2, -0.15) is 0 Å². The maximum Gasteiger partial charge on any atom is 0.0943 e. The number of nitrogens with two attached hydrogens (primary N) is 1. The van der Waals surface area contributed by atoms with Gasteiger partial charge in [-0.1, -0.05) is 6.42 Å². The van der Waals surface area contributed by atoms with Crippen LogP contribution >= 0.6 is 11.3 Å². The topological polar surface area (TPSA) is 42.1 Å². The van der Waals surface area contributed by atoms with Crippen molar-refractivity contribution in [1.29, 1.82) is 0 Å². The Kier molecular flexibility index (Phi) is 5.37. The molecule has 2 atom stereocenters.